The van der Waals surface area contributed by atoms with E-state index in [1.54, 1.807) is 0 Å². The molecule has 2 aromatic carbocycles. The van der Waals surface area contributed by atoms with Crippen LogP contribution < -0.4 is 0 Å². The second-order valence-corrected chi connectivity index (χ2v) is 9.59. The molecule has 0 N–H and O–H groups in total. The SMILES string of the molecule is CC(=Cc1cc[c]c(C(C)C)c1)c1ccc2c(c1)C(C)(C)CCC2(C)C. The van der Waals surface area contributed by atoms with Crippen LogP contribution in [0.25, 0.3) is 11.6 Å². The van der Waals surface area contributed by atoms with Crippen LogP contribution in [0.5, 0.6) is 0 Å². The van der Waals surface area contributed by atoms with Crippen LogP contribution in [-0.2, 0) is 10.8 Å². The Morgan fingerprint density at radius 3 is 2.27 bits per heavy atom. The minimum atomic E-state index is 0.258. The molecule has 0 bridgehead atoms. The Morgan fingerprint density at radius 2 is 1.62 bits per heavy atom. The average molecular weight is 346 g/mol. The van der Waals surface area contributed by atoms with Crippen molar-refractivity contribution in [1.29, 1.82) is 0 Å². The standard InChI is InChI=1S/C26H33/c1-18(2)21-10-8-9-20(16-21)15-19(3)22-11-12-23-24(17-22)26(6,7)14-13-25(23,4)5/h8-9,11-12,15-18H,13-14H2,1-7H3. The average Bonchev–Trinajstić information content (AvgIpc) is 2.59. The topological polar surface area (TPSA) is 0 Å². The Kier molecular flexibility index (Phi) is 4.90. The number of fused-ring (bicyclic) bond motifs is 1. The third-order valence-corrected chi connectivity index (χ3v) is 6.16. The van der Waals surface area contributed by atoms with E-state index in [9.17, 15) is 0 Å². The molecule has 3 rings (SSSR count). The molecule has 0 atom stereocenters. The van der Waals surface area contributed by atoms with E-state index in [0.29, 0.717) is 5.92 Å². The van der Waals surface area contributed by atoms with Gasteiger partial charge in [0.15, 0.2) is 0 Å². The Labute approximate surface area is 160 Å². The molecule has 0 saturated heterocycles. The fourth-order valence-electron chi connectivity index (χ4n) is 4.09. The first kappa shape index (κ1) is 19.0. The van der Waals surface area contributed by atoms with Gasteiger partial charge in [-0.15, -0.1) is 0 Å². The van der Waals surface area contributed by atoms with Crippen LogP contribution in [0.4, 0.5) is 0 Å². The lowest BCUT2D eigenvalue weighted by Gasteiger charge is -2.42. The Bertz CT molecular complexity index is 831. The van der Waals surface area contributed by atoms with Gasteiger partial charge in [0.05, 0.1) is 0 Å². The van der Waals surface area contributed by atoms with Gasteiger partial charge in [-0.1, -0.05) is 84.0 Å². The van der Waals surface area contributed by atoms with Gasteiger partial charge in [0, 0.05) is 0 Å². The van der Waals surface area contributed by atoms with Gasteiger partial charge in [-0.25, -0.2) is 0 Å². The van der Waals surface area contributed by atoms with Crippen molar-refractivity contribution in [2.75, 3.05) is 0 Å². The maximum absolute atomic E-state index is 3.35. The lowest BCUT2D eigenvalue weighted by atomic mass is 9.63. The molecule has 0 saturated carbocycles. The molecular formula is C26H33. The summed E-state index contributed by atoms with van der Waals surface area (Å²) in [7, 11) is 0. The lowest BCUT2D eigenvalue weighted by Crippen LogP contribution is -2.33. The van der Waals surface area contributed by atoms with Crippen molar-refractivity contribution in [3.05, 3.63) is 70.3 Å². The van der Waals surface area contributed by atoms with Gasteiger partial charge < -0.3 is 0 Å². The van der Waals surface area contributed by atoms with Crippen LogP contribution in [0, 0.1) is 6.07 Å². The summed E-state index contributed by atoms with van der Waals surface area (Å²) in [5.74, 6) is 0.510. The summed E-state index contributed by atoms with van der Waals surface area (Å²) in [4.78, 5) is 0. The second-order valence-electron chi connectivity index (χ2n) is 9.59. The summed E-state index contributed by atoms with van der Waals surface area (Å²) in [6.45, 7) is 16.2. The van der Waals surface area contributed by atoms with E-state index in [1.807, 2.05) is 6.07 Å². The van der Waals surface area contributed by atoms with E-state index < -0.39 is 0 Å². The van der Waals surface area contributed by atoms with Crippen molar-refractivity contribution in [1.82, 2.24) is 0 Å². The normalized spacial score (nSPS) is 18.7. The molecule has 0 heteroatoms. The number of hydrogen-bond donors (Lipinski definition) is 0. The highest BCUT2D eigenvalue weighted by Crippen LogP contribution is 2.46. The van der Waals surface area contributed by atoms with E-state index in [0.717, 1.165) is 0 Å². The number of benzene rings is 2. The fourth-order valence-corrected chi connectivity index (χ4v) is 4.09. The van der Waals surface area contributed by atoms with Crippen molar-refractivity contribution in [3.63, 3.8) is 0 Å². The molecule has 0 nitrogen and oxygen atoms in total. The first-order chi connectivity index (χ1) is 12.1. The minimum absolute atomic E-state index is 0.258. The Morgan fingerprint density at radius 1 is 0.962 bits per heavy atom. The van der Waals surface area contributed by atoms with Crippen molar-refractivity contribution in [3.8, 4) is 0 Å². The molecule has 0 aromatic heterocycles. The summed E-state index contributed by atoms with van der Waals surface area (Å²) in [5, 5.41) is 0. The highest BCUT2D eigenvalue weighted by Gasteiger charge is 2.36. The third-order valence-electron chi connectivity index (χ3n) is 6.16. The summed E-state index contributed by atoms with van der Waals surface area (Å²) in [6, 6.07) is 17.0. The largest absolute Gasteiger partial charge is 0.0587 e. The molecule has 1 radical (unpaired) electrons. The van der Waals surface area contributed by atoms with E-state index in [1.165, 1.54) is 46.2 Å². The van der Waals surface area contributed by atoms with Gasteiger partial charge in [0.2, 0.25) is 0 Å². The van der Waals surface area contributed by atoms with Crippen LogP contribution in [0.2, 0.25) is 0 Å². The quantitative estimate of drug-likeness (QED) is 0.505. The molecule has 0 fully saturated rings. The molecule has 1 aliphatic rings. The van der Waals surface area contributed by atoms with E-state index >= 15 is 0 Å². The fraction of sp³-hybridized carbons (Fsp3) is 0.462. The van der Waals surface area contributed by atoms with Crippen LogP contribution in [0.3, 0.4) is 0 Å². The van der Waals surface area contributed by atoms with Crippen LogP contribution in [0.15, 0.2) is 36.4 Å². The molecule has 0 amide bonds. The van der Waals surface area contributed by atoms with Gasteiger partial charge >= 0.3 is 0 Å². The van der Waals surface area contributed by atoms with Gasteiger partial charge in [-0.2, -0.15) is 0 Å². The smallest absolute Gasteiger partial charge is 0.0100 e. The highest BCUT2D eigenvalue weighted by atomic mass is 14.4. The molecule has 2 aromatic rings. The molecule has 0 heterocycles. The van der Waals surface area contributed by atoms with Gasteiger partial charge in [-0.05, 0) is 76.0 Å². The minimum Gasteiger partial charge on any atom is -0.0587 e. The zero-order valence-corrected chi connectivity index (χ0v) is 17.5. The van der Waals surface area contributed by atoms with Gasteiger partial charge in [-0.3, -0.25) is 0 Å². The lowest BCUT2D eigenvalue weighted by molar-refractivity contribution is 0.332. The monoisotopic (exact) mass is 345 g/mol. The number of allylic oxidation sites excluding steroid dienone is 1. The molecular weight excluding hydrogens is 312 g/mol. The van der Waals surface area contributed by atoms with Gasteiger partial charge in [0.25, 0.3) is 0 Å². The van der Waals surface area contributed by atoms with E-state index in [2.05, 4.69) is 90.9 Å². The molecule has 0 aliphatic heterocycles. The first-order valence-corrected chi connectivity index (χ1v) is 9.95. The number of rotatable bonds is 3. The van der Waals surface area contributed by atoms with Crippen molar-refractivity contribution < 1.29 is 0 Å². The molecule has 137 valence electrons. The molecule has 1 aliphatic carbocycles. The summed E-state index contributed by atoms with van der Waals surface area (Å²) in [6.07, 6.45) is 4.83. The number of hydrogen-bond acceptors (Lipinski definition) is 0. The maximum Gasteiger partial charge on any atom is -0.0100 e. The summed E-state index contributed by atoms with van der Waals surface area (Å²) >= 11 is 0. The molecule has 0 spiro atoms. The highest BCUT2D eigenvalue weighted by molar-refractivity contribution is 5.81. The van der Waals surface area contributed by atoms with Crippen molar-refractivity contribution in [2.24, 2.45) is 0 Å². The van der Waals surface area contributed by atoms with Crippen molar-refractivity contribution >= 4 is 11.6 Å². The van der Waals surface area contributed by atoms with Crippen molar-refractivity contribution in [2.45, 2.75) is 78.1 Å². The van der Waals surface area contributed by atoms with Crippen LogP contribution in [-0.4, -0.2) is 0 Å². The van der Waals surface area contributed by atoms with Gasteiger partial charge in [0.1, 0.15) is 0 Å². The zero-order valence-electron chi connectivity index (χ0n) is 17.5. The predicted octanol–water partition coefficient (Wildman–Crippen LogP) is 7.52. The summed E-state index contributed by atoms with van der Waals surface area (Å²) in [5.41, 5.74) is 8.81. The first-order valence-electron chi connectivity index (χ1n) is 9.95. The second kappa shape index (κ2) is 6.72. The Balaban J connectivity index is 2.01. The predicted molar refractivity (Wildman–Crippen MR) is 115 cm³/mol. The zero-order chi connectivity index (χ0) is 19.1. The van der Waals surface area contributed by atoms with Crippen LogP contribution >= 0.6 is 0 Å². The van der Waals surface area contributed by atoms with E-state index in [4.69, 9.17) is 0 Å². The van der Waals surface area contributed by atoms with E-state index in [-0.39, 0.29) is 10.8 Å². The third kappa shape index (κ3) is 3.65. The maximum atomic E-state index is 3.35. The Hall–Kier alpha value is -1.82. The van der Waals surface area contributed by atoms with Crippen LogP contribution in [0.1, 0.15) is 95.0 Å². The molecule has 0 unspecified atom stereocenters. The summed E-state index contributed by atoms with van der Waals surface area (Å²) < 4.78 is 0. The molecule has 26 heavy (non-hydrogen) atoms.